The van der Waals surface area contributed by atoms with Gasteiger partial charge in [0, 0.05) is 12.6 Å². The number of ether oxygens (including phenoxy) is 1. The van der Waals surface area contributed by atoms with Gasteiger partial charge in [0.25, 0.3) is 0 Å². The number of carbonyl (C=O) groups is 2. The molecular weight excluding hydrogens is 308 g/mol. The first-order chi connectivity index (χ1) is 10.1. The molecule has 0 spiro atoms. The summed E-state index contributed by atoms with van der Waals surface area (Å²) in [6.07, 6.45) is -5.22. The number of hydrogen-bond donors (Lipinski definition) is 2. The summed E-state index contributed by atoms with van der Waals surface area (Å²) in [6, 6.07) is 4.03. The van der Waals surface area contributed by atoms with Gasteiger partial charge in [0.15, 0.2) is 0 Å². The van der Waals surface area contributed by atoms with Crippen molar-refractivity contribution in [3.8, 4) is 0 Å². The van der Waals surface area contributed by atoms with Gasteiger partial charge in [-0.2, -0.15) is 13.2 Å². The second-order valence-electron chi connectivity index (χ2n) is 4.28. The molecule has 22 heavy (non-hydrogen) atoms. The highest BCUT2D eigenvalue weighted by Gasteiger charge is 2.63. The molecule has 0 aliphatic heterocycles. The Balaban J connectivity index is 3.34. The molecule has 0 radical (unpaired) electrons. The number of nitrogens with one attached hydrogen (secondary N) is 2. The Kier molecular flexibility index (Phi) is 5.34. The zero-order chi connectivity index (χ0) is 17.0. The van der Waals surface area contributed by atoms with Crippen LogP contribution in [0.15, 0.2) is 24.3 Å². The molecule has 1 amide bonds. The molecule has 0 aliphatic carbocycles. The van der Waals surface area contributed by atoms with Gasteiger partial charge in [0.05, 0.1) is 6.61 Å². The fourth-order valence-corrected chi connectivity index (χ4v) is 1.68. The highest BCUT2D eigenvalue weighted by molar-refractivity contribution is 5.90. The Hall–Kier alpha value is -2.32. The SMILES string of the molecule is CCOC(=O)[C@@](NC(C)=O)(Nc1cccc(F)c1)C(F)(F)F. The van der Waals surface area contributed by atoms with Crippen molar-refractivity contribution in [1.82, 2.24) is 5.32 Å². The number of carbonyl (C=O) groups excluding carboxylic acids is 2. The monoisotopic (exact) mass is 322 g/mol. The van der Waals surface area contributed by atoms with E-state index in [0.717, 1.165) is 31.2 Å². The predicted octanol–water partition coefficient (Wildman–Crippen LogP) is 2.20. The van der Waals surface area contributed by atoms with Crippen LogP contribution in [0.1, 0.15) is 13.8 Å². The summed E-state index contributed by atoms with van der Waals surface area (Å²) >= 11 is 0. The van der Waals surface area contributed by atoms with Crippen molar-refractivity contribution in [2.75, 3.05) is 11.9 Å². The number of alkyl halides is 3. The summed E-state index contributed by atoms with van der Waals surface area (Å²) in [4.78, 5) is 23.0. The van der Waals surface area contributed by atoms with E-state index in [4.69, 9.17) is 0 Å². The van der Waals surface area contributed by atoms with E-state index in [-0.39, 0.29) is 12.3 Å². The largest absolute Gasteiger partial charge is 0.463 e. The zero-order valence-electron chi connectivity index (χ0n) is 11.8. The minimum Gasteiger partial charge on any atom is -0.463 e. The molecule has 0 saturated carbocycles. The maximum Gasteiger partial charge on any atom is 0.441 e. The molecule has 1 atom stereocenters. The molecule has 0 heterocycles. The average molecular weight is 322 g/mol. The van der Waals surface area contributed by atoms with E-state index in [1.165, 1.54) is 12.2 Å². The van der Waals surface area contributed by atoms with Crippen LogP contribution in [0.2, 0.25) is 0 Å². The van der Waals surface area contributed by atoms with Crippen LogP contribution < -0.4 is 10.6 Å². The van der Waals surface area contributed by atoms with Crippen LogP contribution in [0.3, 0.4) is 0 Å². The number of halogens is 4. The first kappa shape index (κ1) is 17.7. The van der Waals surface area contributed by atoms with Gasteiger partial charge in [0.1, 0.15) is 5.82 Å². The molecule has 5 nitrogen and oxygen atoms in total. The number of anilines is 1. The lowest BCUT2D eigenvalue weighted by Crippen LogP contribution is -2.69. The lowest BCUT2D eigenvalue weighted by molar-refractivity contribution is -0.207. The third kappa shape index (κ3) is 3.86. The summed E-state index contributed by atoms with van der Waals surface area (Å²) in [5.74, 6) is -3.68. The third-order valence-electron chi connectivity index (χ3n) is 2.53. The first-order valence-electron chi connectivity index (χ1n) is 6.19. The van der Waals surface area contributed by atoms with E-state index < -0.39 is 29.5 Å². The number of amides is 1. The predicted molar refractivity (Wildman–Crippen MR) is 69.3 cm³/mol. The van der Waals surface area contributed by atoms with Crippen molar-refractivity contribution in [1.29, 1.82) is 0 Å². The van der Waals surface area contributed by atoms with Crippen molar-refractivity contribution in [3.63, 3.8) is 0 Å². The van der Waals surface area contributed by atoms with Crippen LogP contribution in [0.4, 0.5) is 23.2 Å². The molecule has 0 aliphatic rings. The summed E-state index contributed by atoms with van der Waals surface area (Å²) < 4.78 is 57.8. The Morgan fingerprint density at radius 2 is 1.91 bits per heavy atom. The first-order valence-corrected chi connectivity index (χ1v) is 6.19. The maximum absolute atomic E-state index is 13.4. The smallest absolute Gasteiger partial charge is 0.441 e. The molecule has 9 heteroatoms. The molecule has 0 bridgehead atoms. The topological polar surface area (TPSA) is 67.4 Å². The molecule has 2 N–H and O–H groups in total. The van der Waals surface area contributed by atoms with Crippen LogP contribution in [-0.2, 0) is 14.3 Å². The zero-order valence-corrected chi connectivity index (χ0v) is 11.8. The van der Waals surface area contributed by atoms with Gasteiger partial charge in [-0.1, -0.05) is 6.07 Å². The van der Waals surface area contributed by atoms with E-state index in [1.54, 1.807) is 0 Å². The Morgan fingerprint density at radius 3 is 2.36 bits per heavy atom. The quantitative estimate of drug-likeness (QED) is 0.495. The van der Waals surface area contributed by atoms with Gasteiger partial charge in [-0.05, 0) is 25.1 Å². The van der Waals surface area contributed by atoms with Crippen molar-refractivity contribution in [3.05, 3.63) is 30.1 Å². The van der Waals surface area contributed by atoms with Gasteiger partial charge in [-0.15, -0.1) is 0 Å². The fraction of sp³-hybridized carbons (Fsp3) is 0.385. The molecule has 1 aromatic carbocycles. The highest BCUT2D eigenvalue weighted by Crippen LogP contribution is 2.33. The van der Waals surface area contributed by atoms with Crippen LogP contribution >= 0.6 is 0 Å². The fourth-order valence-electron chi connectivity index (χ4n) is 1.68. The lowest BCUT2D eigenvalue weighted by atomic mass is 10.1. The molecule has 1 aromatic rings. The van der Waals surface area contributed by atoms with Gasteiger partial charge < -0.3 is 15.4 Å². The summed E-state index contributed by atoms with van der Waals surface area (Å²) in [7, 11) is 0. The van der Waals surface area contributed by atoms with E-state index >= 15 is 0 Å². The van der Waals surface area contributed by atoms with E-state index in [2.05, 4.69) is 4.74 Å². The van der Waals surface area contributed by atoms with Crippen molar-refractivity contribution in [2.45, 2.75) is 25.7 Å². The Bertz CT molecular complexity index is 562. The molecular formula is C13H14F4N2O3. The van der Waals surface area contributed by atoms with Crippen LogP contribution in [0.5, 0.6) is 0 Å². The van der Waals surface area contributed by atoms with Crippen molar-refractivity contribution >= 4 is 17.6 Å². The van der Waals surface area contributed by atoms with Gasteiger partial charge in [-0.25, -0.2) is 9.18 Å². The number of rotatable bonds is 5. The molecule has 0 fully saturated rings. The molecule has 1 rings (SSSR count). The number of esters is 1. The third-order valence-corrected chi connectivity index (χ3v) is 2.53. The van der Waals surface area contributed by atoms with Gasteiger partial charge in [-0.3, -0.25) is 4.79 Å². The van der Waals surface area contributed by atoms with Crippen LogP contribution in [-0.4, -0.2) is 30.3 Å². The number of hydrogen-bond acceptors (Lipinski definition) is 4. The summed E-state index contributed by atoms with van der Waals surface area (Å²) in [5.41, 5.74) is -3.86. The summed E-state index contributed by atoms with van der Waals surface area (Å²) in [5, 5.41) is 3.33. The van der Waals surface area contributed by atoms with Gasteiger partial charge in [0.2, 0.25) is 5.91 Å². The standard InChI is InChI=1S/C13H14F4N2O3/c1-3-22-11(21)12(13(15,16)17,18-8(2)20)19-10-6-4-5-9(14)7-10/h4-7,19H,3H2,1-2H3,(H,18,20)/t12-/m1/s1. The van der Waals surface area contributed by atoms with E-state index in [0.29, 0.717) is 0 Å². The molecule has 122 valence electrons. The minimum atomic E-state index is -5.22. The van der Waals surface area contributed by atoms with Crippen molar-refractivity contribution in [2.24, 2.45) is 0 Å². The Morgan fingerprint density at radius 1 is 1.27 bits per heavy atom. The molecule has 0 aromatic heterocycles. The molecule has 0 unspecified atom stereocenters. The van der Waals surface area contributed by atoms with E-state index in [9.17, 15) is 27.2 Å². The lowest BCUT2D eigenvalue weighted by Gasteiger charge is -2.35. The molecule has 0 saturated heterocycles. The number of benzene rings is 1. The van der Waals surface area contributed by atoms with Gasteiger partial charge >= 0.3 is 17.8 Å². The van der Waals surface area contributed by atoms with E-state index in [1.807, 2.05) is 5.32 Å². The van der Waals surface area contributed by atoms with Crippen LogP contribution in [0.25, 0.3) is 0 Å². The van der Waals surface area contributed by atoms with Crippen LogP contribution in [0, 0.1) is 5.82 Å². The second-order valence-corrected chi connectivity index (χ2v) is 4.28. The second kappa shape index (κ2) is 6.63. The minimum absolute atomic E-state index is 0.332. The normalized spacial score (nSPS) is 13.9. The maximum atomic E-state index is 13.4. The van der Waals surface area contributed by atoms with Crippen molar-refractivity contribution < 1.29 is 31.9 Å². The Labute approximate surface area is 123 Å². The average Bonchev–Trinajstić information content (AvgIpc) is 2.36. The summed E-state index contributed by atoms with van der Waals surface area (Å²) in [6.45, 7) is 1.79. The highest BCUT2D eigenvalue weighted by atomic mass is 19.4.